The monoisotopic (exact) mass is 283 g/mol. The normalized spacial score (nSPS) is 11.9. The first kappa shape index (κ1) is 13.6. The molecule has 1 nitrogen and oxygen atoms in total. The van der Waals surface area contributed by atoms with E-state index >= 15 is 0 Å². The van der Waals surface area contributed by atoms with E-state index in [-0.39, 0.29) is 0 Å². The smallest absolute Gasteiger partial charge is 0.0629 e. The molecule has 0 unspecified atom stereocenters. The zero-order valence-electron chi connectivity index (χ0n) is 12.8. The van der Waals surface area contributed by atoms with Crippen LogP contribution in [0.3, 0.4) is 0 Å². The number of thioether (sulfide) groups is 1. The first-order valence-electron chi connectivity index (χ1n) is 7.10. The van der Waals surface area contributed by atoms with Gasteiger partial charge in [0.2, 0.25) is 0 Å². The summed E-state index contributed by atoms with van der Waals surface area (Å²) in [5, 5.41) is 2.80. The Kier molecular flexibility index (Phi) is 3.29. The molecule has 0 aliphatic heterocycles. The first-order chi connectivity index (χ1) is 9.56. The number of para-hydroxylation sites is 1. The van der Waals surface area contributed by atoms with Crippen LogP contribution in [0.25, 0.3) is 21.8 Å². The van der Waals surface area contributed by atoms with Crippen LogP contribution in [-0.4, -0.2) is 10.8 Å². The SMILES string of the molecule is CSc1cc(C(C)C)c(C)c2c3ccccc3n(C)c12. The van der Waals surface area contributed by atoms with Crippen molar-refractivity contribution in [2.24, 2.45) is 7.05 Å². The summed E-state index contributed by atoms with van der Waals surface area (Å²) in [7, 11) is 2.18. The fourth-order valence-corrected chi connectivity index (χ4v) is 3.96. The van der Waals surface area contributed by atoms with Crippen LogP contribution in [0.1, 0.15) is 30.9 Å². The summed E-state index contributed by atoms with van der Waals surface area (Å²) in [6.45, 7) is 6.83. The van der Waals surface area contributed by atoms with Crippen molar-refractivity contribution in [2.45, 2.75) is 31.6 Å². The number of aryl methyl sites for hydroxylation is 2. The predicted octanol–water partition coefficient (Wildman–Crippen LogP) is 5.49. The average molecular weight is 283 g/mol. The van der Waals surface area contributed by atoms with Gasteiger partial charge in [-0.1, -0.05) is 32.0 Å². The maximum atomic E-state index is 2.38. The van der Waals surface area contributed by atoms with E-state index in [1.807, 2.05) is 11.8 Å². The lowest BCUT2D eigenvalue weighted by Crippen LogP contribution is -1.96. The lowest BCUT2D eigenvalue weighted by molar-refractivity contribution is 0.854. The van der Waals surface area contributed by atoms with Gasteiger partial charge in [0.05, 0.1) is 5.52 Å². The quantitative estimate of drug-likeness (QED) is 0.563. The summed E-state index contributed by atoms with van der Waals surface area (Å²) in [5.41, 5.74) is 5.60. The van der Waals surface area contributed by atoms with Crippen LogP contribution in [0.2, 0.25) is 0 Å². The van der Waals surface area contributed by atoms with Gasteiger partial charge in [-0.25, -0.2) is 0 Å². The number of nitrogens with zero attached hydrogens (tertiary/aromatic N) is 1. The Labute approximate surface area is 125 Å². The number of aromatic nitrogens is 1. The lowest BCUT2D eigenvalue weighted by atomic mass is 9.94. The Balaban J connectivity index is 2.59. The number of benzene rings is 2. The molecular weight excluding hydrogens is 262 g/mol. The zero-order valence-corrected chi connectivity index (χ0v) is 13.6. The summed E-state index contributed by atoms with van der Waals surface area (Å²) in [4.78, 5) is 1.38. The summed E-state index contributed by atoms with van der Waals surface area (Å²) >= 11 is 1.85. The molecule has 3 aromatic rings. The zero-order chi connectivity index (χ0) is 14.4. The van der Waals surface area contributed by atoms with Crippen LogP contribution in [0.15, 0.2) is 35.2 Å². The van der Waals surface area contributed by atoms with Crippen molar-refractivity contribution in [3.8, 4) is 0 Å². The highest BCUT2D eigenvalue weighted by molar-refractivity contribution is 7.98. The molecular formula is C18H21NS. The second kappa shape index (κ2) is 4.85. The molecule has 0 aliphatic rings. The third-order valence-electron chi connectivity index (χ3n) is 4.28. The van der Waals surface area contributed by atoms with E-state index in [0.29, 0.717) is 5.92 Å². The van der Waals surface area contributed by atoms with Gasteiger partial charge >= 0.3 is 0 Å². The van der Waals surface area contributed by atoms with E-state index < -0.39 is 0 Å². The Morgan fingerprint density at radius 3 is 2.50 bits per heavy atom. The van der Waals surface area contributed by atoms with Crippen molar-refractivity contribution >= 4 is 33.6 Å². The van der Waals surface area contributed by atoms with Gasteiger partial charge in [-0.15, -0.1) is 11.8 Å². The Hall–Kier alpha value is -1.41. The van der Waals surface area contributed by atoms with Gasteiger partial charge < -0.3 is 4.57 Å². The number of hydrogen-bond donors (Lipinski definition) is 0. The number of hydrogen-bond acceptors (Lipinski definition) is 1. The van der Waals surface area contributed by atoms with E-state index in [2.05, 4.69) is 69.0 Å². The van der Waals surface area contributed by atoms with Crippen LogP contribution < -0.4 is 0 Å². The molecule has 0 N–H and O–H groups in total. The van der Waals surface area contributed by atoms with Gasteiger partial charge in [-0.2, -0.15) is 0 Å². The van der Waals surface area contributed by atoms with E-state index in [1.165, 1.54) is 37.8 Å². The molecule has 3 rings (SSSR count). The van der Waals surface area contributed by atoms with Gasteiger partial charge in [0.25, 0.3) is 0 Å². The van der Waals surface area contributed by atoms with Gasteiger partial charge in [0.15, 0.2) is 0 Å². The van der Waals surface area contributed by atoms with Gasteiger partial charge in [-0.3, -0.25) is 0 Å². The van der Waals surface area contributed by atoms with Crippen molar-refractivity contribution in [2.75, 3.05) is 6.26 Å². The largest absolute Gasteiger partial charge is 0.343 e. The molecule has 1 aromatic heterocycles. The molecule has 0 amide bonds. The van der Waals surface area contributed by atoms with Crippen molar-refractivity contribution in [1.29, 1.82) is 0 Å². The van der Waals surface area contributed by atoms with E-state index in [9.17, 15) is 0 Å². The fraction of sp³-hybridized carbons (Fsp3) is 0.333. The van der Waals surface area contributed by atoms with Crippen molar-refractivity contribution in [3.63, 3.8) is 0 Å². The van der Waals surface area contributed by atoms with Crippen LogP contribution in [-0.2, 0) is 7.05 Å². The molecule has 104 valence electrons. The molecule has 0 saturated carbocycles. The molecule has 0 bridgehead atoms. The van der Waals surface area contributed by atoms with Gasteiger partial charge in [0, 0.05) is 28.2 Å². The standard InChI is InChI=1S/C18H21NS/c1-11(2)14-10-16(20-5)18-17(12(14)3)13-8-6-7-9-15(13)19(18)4/h6-11H,1-5H3. The summed E-state index contributed by atoms with van der Waals surface area (Å²) in [6.07, 6.45) is 2.17. The molecule has 0 saturated heterocycles. The maximum Gasteiger partial charge on any atom is 0.0629 e. The second-order valence-electron chi connectivity index (χ2n) is 5.75. The molecule has 20 heavy (non-hydrogen) atoms. The molecule has 2 aromatic carbocycles. The van der Waals surface area contributed by atoms with Gasteiger partial charge in [0.1, 0.15) is 0 Å². The first-order valence-corrected chi connectivity index (χ1v) is 8.33. The third-order valence-corrected chi connectivity index (χ3v) is 5.03. The molecule has 1 heterocycles. The Bertz CT molecular complexity index is 796. The Morgan fingerprint density at radius 2 is 1.85 bits per heavy atom. The molecule has 0 atom stereocenters. The van der Waals surface area contributed by atoms with Crippen molar-refractivity contribution in [3.05, 3.63) is 41.5 Å². The summed E-state index contributed by atoms with van der Waals surface area (Å²) in [5.74, 6) is 0.560. The minimum absolute atomic E-state index is 0.560. The predicted molar refractivity (Wildman–Crippen MR) is 91.0 cm³/mol. The molecule has 0 radical (unpaired) electrons. The maximum absolute atomic E-state index is 2.38. The molecule has 0 fully saturated rings. The number of rotatable bonds is 2. The minimum atomic E-state index is 0.560. The van der Waals surface area contributed by atoms with Gasteiger partial charge in [-0.05, 0) is 42.4 Å². The van der Waals surface area contributed by atoms with E-state index in [0.717, 1.165) is 0 Å². The number of fused-ring (bicyclic) bond motifs is 3. The second-order valence-corrected chi connectivity index (χ2v) is 6.60. The van der Waals surface area contributed by atoms with Crippen LogP contribution in [0.5, 0.6) is 0 Å². The molecule has 0 aliphatic carbocycles. The van der Waals surface area contributed by atoms with Crippen molar-refractivity contribution < 1.29 is 0 Å². The highest BCUT2D eigenvalue weighted by Crippen LogP contribution is 2.39. The molecule has 2 heteroatoms. The fourth-order valence-electron chi connectivity index (χ4n) is 3.28. The van der Waals surface area contributed by atoms with Crippen LogP contribution >= 0.6 is 11.8 Å². The third kappa shape index (κ3) is 1.78. The molecule has 0 spiro atoms. The highest BCUT2D eigenvalue weighted by Gasteiger charge is 2.17. The summed E-state index contributed by atoms with van der Waals surface area (Å²) < 4.78 is 2.34. The topological polar surface area (TPSA) is 4.93 Å². The Morgan fingerprint density at radius 1 is 1.15 bits per heavy atom. The lowest BCUT2D eigenvalue weighted by Gasteiger charge is -2.14. The van der Waals surface area contributed by atoms with Crippen molar-refractivity contribution in [1.82, 2.24) is 4.57 Å². The van der Waals surface area contributed by atoms with Crippen LogP contribution in [0.4, 0.5) is 0 Å². The van der Waals surface area contributed by atoms with Crippen LogP contribution in [0, 0.1) is 6.92 Å². The van der Waals surface area contributed by atoms with E-state index in [1.54, 1.807) is 0 Å². The highest BCUT2D eigenvalue weighted by atomic mass is 32.2. The van der Waals surface area contributed by atoms with E-state index in [4.69, 9.17) is 0 Å². The summed E-state index contributed by atoms with van der Waals surface area (Å²) in [6, 6.07) is 11.1. The average Bonchev–Trinajstić information content (AvgIpc) is 2.74. The minimum Gasteiger partial charge on any atom is -0.343 e.